The van der Waals surface area contributed by atoms with Gasteiger partial charge in [-0.25, -0.2) is 0 Å². The average Bonchev–Trinajstić information content (AvgIpc) is 2.80. The molecule has 114 valence electrons. The molecular formula is C17H20N4O. The molecule has 0 amide bonds. The zero-order chi connectivity index (χ0) is 15.5. The summed E-state index contributed by atoms with van der Waals surface area (Å²) in [7, 11) is 0. The Kier molecular flexibility index (Phi) is 4.06. The van der Waals surface area contributed by atoms with Gasteiger partial charge >= 0.3 is 0 Å². The van der Waals surface area contributed by atoms with Gasteiger partial charge in [-0.15, -0.1) is 0 Å². The predicted octanol–water partition coefficient (Wildman–Crippen LogP) is 2.65. The Morgan fingerprint density at radius 2 is 2.09 bits per heavy atom. The summed E-state index contributed by atoms with van der Waals surface area (Å²) in [6, 6.07) is 8.18. The molecule has 22 heavy (non-hydrogen) atoms. The molecule has 0 aliphatic rings. The van der Waals surface area contributed by atoms with E-state index in [0.717, 1.165) is 27.8 Å². The van der Waals surface area contributed by atoms with Crippen molar-refractivity contribution in [3.8, 4) is 0 Å². The van der Waals surface area contributed by atoms with Crippen molar-refractivity contribution in [2.75, 3.05) is 11.9 Å². The summed E-state index contributed by atoms with van der Waals surface area (Å²) < 4.78 is 1.86. The normalized spacial score (nSPS) is 11.0. The summed E-state index contributed by atoms with van der Waals surface area (Å²) in [5.74, 6) is 0. The smallest absolute Gasteiger partial charge is 0.0646 e. The van der Waals surface area contributed by atoms with Crippen LogP contribution in [0.1, 0.15) is 17.0 Å². The van der Waals surface area contributed by atoms with Gasteiger partial charge in [0.1, 0.15) is 0 Å². The molecule has 5 heteroatoms. The number of rotatable bonds is 5. The van der Waals surface area contributed by atoms with Crippen molar-refractivity contribution in [3.63, 3.8) is 0 Å². The lowest BCUT2D eigenvalue weighted by atomic mass is 10.1. The number of fused-ring (bicyclic) bond motifs is 1. The molecule has 5 nitrogen and oxygen atoms in total. The second-order valence-corrected chi connectivity index (χ2v) is 5.35. The number of aliphatic hydroxyl groups is 1. The zero-order valence-electron chi connectivity index (χ0n) is 12.9. The highest BCUT2D eigenvalue weighted by Gasteiger charge is 2.11. The molecule has 0 saturated carbocycles. The molecule has 0 unspecified atom stereocenters. The summed E-state index contributed by atoms with van der Waals surface area (Å²) in [6.45, 7) is 5.40. The molecule has 1 aromatic carbocycles. The number of nitrogens with one attached hydrogen (secondary N) is 1. The van der Waals surface area contributed by atoms with Gasteiger partial charge in [0.2, 0.25) is 0 Å². The third-order valence-electron chi connectivity index (χ3n) is 3.98. The van der Waals surface area contributed by atoms with Gasteiger partial charge in [-0.05, 0) is 26.0 Å². The number of hydrogen-bond acceptors (Lipinski definition) is 4. The second kappa shape index (κ2) is 6.15. The SMILES string of the molecule is Cc1nn(CCO)c(C)c1CNc1cccc2cnccc12. The van der Waals surface area contributed by atoms with Crippen LogP contribution >= 0.6 is 0 Å². The number of anilines is 1. The van der Waals surface area contributed by atoms with E-state index in [4.69, 9.17) is 5.11 Å². The van der Waals surface area contributed by atoms with E-state index in [1.165, 1.54) is 5.56 Å². The molecule has 0 spiro atoms. The van der Waals surface area contributed by atoms with Gasteiger partial charge in [0.05, 0.1) is 18.8 Å². The standard InChI is InChI=1S/C17H20N4O/c1-12-16(13(2)21(20-12)8-9-22)11-19-17-5-3-4-14-10-18-7-6-15(14)17/h3-7,10,19,22H,8-9,11H2,1-2H3. The lowest BCUT2D eigenvalue weighted by Crippen LogP contribution is -2.07. The first-order valence-corrected chi connectivity index (χ1v) is 7.41. The van der Waals surface area contributed by atoms with Gasteiger partial charge in [0.25, 0.3) is 0 Å². The van der Waals surface area contributed by atoms with E-state index < -0.39 is 0 Å². The van der Waals surface area contributed by atoms with Gasteiger partial charge in [-0.3, -0.25) is 9.67 Å². The minimum atomic E-state index is 0.102. The van der Waals surface area contributed by atoms with Crippen LogP contribution in [0, 0.1) is 13.8 Å². The third kappa shape index (κ3) is 2.67. The maximum absolute atomic E-state index is 9.09. The van der Waals surface area contributed by atoms with Gasteiger partial charge in [0, 0.05) is 46.7 Å². The quantitative estimate of drug-likeness (QED) is 0.760. The minimum absolute atomic E-state index is 0.102. The number of nitrogens with zero attached hydrogens (tertiary/aromatic N) is 3. The highest BCUT2D eigenvalue weighted by Crippen LogP contribution is 2.23. The molecule has 0 aliphatic carbocycles. The summed E-state index contributed by atoms with van der Waals surface area (Å²) in [6.07, 6.45) is 3.68. The van der Waals surface area contributed by atoms with E-state index in [1.807, 2.05) is 43.1 Å². The zero-order valence-corrected chi connectivity index (χ0v) is 12.9. The van der Waals surface area contributed by atoms with Gasteiger partial charge < -0.3 is 10.4 Å². The number of hydrogen-bond donors (Lipinski definition) is 2. The molecule has 0 atom stereocenters. The molecule has 0 bridgehead atoms. The third-order valence-corrected chi connectivity index (χ3v) is 3.98. The molecule has 2 aromatic heterocycles. The minimum Gasteiger partial charge on any atom is -0.394 e. The Labute approximate surface area is 129 Å². The number of pyridine rings is 1. The van der Waals surface area contributed by atoms with Crippen LogP contribution in [0.2, 0.25) is 0 Å². The van der Waals surface area contributed by atoms with Crippen molar-refractivity contribution in [1.29, 1.82) is 0 Å². The van der Waals surface area contributed by atoms with Gasteiger partial charge in [-0.2, -0.15) is 5.10 Å². The average molecular weight is 296 g/mol. The van der Waals surface area contributed by atoms with E-state index >= 15 is 0 Å². The van der Waals surface area contributed by atoms with Crippen molar-refractivity contribution in [1.82, 2.24) is 14.8 Å². The van der Waals surface area contributed by atoms with Crippen LogP contribution < -0.4 is 5.32 Å². The Morgan fingerprint density at radius 3 is 2.91 bits per heavy atom. The molecule has 0 aliphatic heterocycles. The fraction of sp³-hybridized carbons (Fsp3) is 0.294. The van der Waals surface area contributed by atoms with E-state index in [-0.39, 0.29) is 6.61 Å². The van der Waals surface area contributed by atoms with Crippen LogP contribution in [-0.2, 0) is 13.1 Å². The van der Waals surface area contributed by atoms with Crippen LogP contribution in [-0.4, -0.2) is 26.5 Å². The first-order valence-electron chi connectivity index (χ1n) is 7.41. The topological polar surface area (TPSA) is 63.0 Å². The Bertz CT molecular complexity index is 789. The largest absolute Gasteiger partial charge is 0.394 e. The van der Waals surface area contributed by atoms with E-state index in [9.17, 15) is 0 Å². The summed E-state index contributed by atoms with van der Waals surface area (Å²) in [5.41, 5.74) is 4.37. The molecule has 0 fully saturated rings. The van der Waals surface area contributed by atoms with Crippen LogP contribution in [0.5, 0.6) is 0 Å². The molecule has 2 N–H and O–H groups in total. The molecular weight excluding hydrogens is 276 g/mol. The monoisotopic (exact) mass is 296 g/mol. The number of aromatic nitrogens is 3. The van der Waals surface area contributed by atoms with Crippen LogP contribution in [0.4, 0.5) is 5.69 Å². The molecule has 2 heterocycles. The van der Waals surface area contributed by atoms with Crippen molar-refractivity contribution in [3.05, 3.63) is 53.6 Å². The summed E-state index contributed by atoms with van der Waals surface area (Å²) in [4.78, 5) is 4.16. The number of aryl methyl sites for hydroxylation is 1. The maximum atomic E-state index is 9.09. The lowest BCUT2D eigenvalue weighted by Gasteiger charge is -2.10. The fourth-order valence-electron chi connectivity index (χ4n) is 2.76. The molecule has 3 rings (SSSR count). The molecule has 0 saturated heterocycles. The van der Waals surface area contributed by atoms with E-state index in [2.05, 4.69) is 27.5 Å². The van der Waals surface area contributed by atoms with E-state index in [1.54, 1.807) is 0 Å². The van der Waals surface area contributed by atoms with Crippen LogP contribution in [0.25, 0.3) is 10.8 Å². The Morgan fingerprint density at radius 1 is 1.23 bits per heavy atom. The van der Waals surface area contributed by atoms with Crippen LogP contribution in [0.15, 0.2) is 36.7 Å². The second-order valence-electron chi connectivity index (χ2n) is 5.35. The number of benzene rings is 1. The predicted molar refractivity (Wildman–Crippen MR) is 87.9 cm³/mol. The van der Waals surface area contributed by atoms with Gasteiger partial charge in [-0.1, -0.05) is 12.1 Å². The lowest BCUT2D eigenvalue weighted by molar-refractivity contribution is 0.268. The van der Waals surface area contributed by atoms with Gasteiger partial charge in [0.15, 0.2) is 0 Å². The number of aliphatic hydroxyl groups excluding tert-OH is 1. The summed E-state index contributed by atoms with van der Waals surface area (Å²) >= 11 is 0. The summed E-state index contributed by atoms with van der Waals surface area (Å²) in [5, 5.41) is 19.4. The Hall–Kier alpha value is -2.40. The maximum Gasteiger partial charge on any atom is 0.0646 e. The van der Waals surface area contributed by atoms with Crippen molar-refractivity contribution in [2.45, 2.75) is 26.9 Å². The van der Waals surface area contributed by atoms with Crippen LogP contribution in [0.3, 0.4) is 0 Å². The molecule has 3 aromatic rings. The van der Waals surface area contributed by atoms with E-state index in [0.29, 0.717) is 13.1 Å². The molecule has 0 radical (unpaired) electrons. The van der Waals surface area contributed by atoms with Crippen molar-refractivity contribution >= 4 is 16.5 Å². The van der Waals surface area contributed by atoms with Crippen molar-refractivity contribution in [2.24, 2.45) is 0 Å². The highest BCUT2D eigenvalue weighted by molar-refractivity contribution is 5.93. The first-order chi connectivity index (χ1) is 10.7. The van der Waals surface area contributed by atoms with Crippen molar-refractivity contribution < 1.29 is 5.11 Å². The first kappa shape index (κ1) is 14.5. The fourth-order valence-corrected chi connectivity index (χ4v) is 2.76. The Balaban J connectivity index is 1.86. The highest BCUT2D eigenvalue weighted by atomic mass is 16.3.